The van der Waals surface area contributed by atoms with Gasteiger partial charge >= 0.3 is 5.97 Å². The molecule has 13 atom stereocenters. The summed E-state index contributed by atoms with van der Waals surface area (Å²) in [5.41, 5.74) is -6.11. The van der Waals surface area contributed by atoms with Gasteiger partial charge < -0.3 is 34.1 Å². The van der Waals surface area contributed by atoms with Crippen LogP contribution in [-0.2, 0) is 38.1 Å². The predicted octanol–water partition coefficient (Wildman–Crippen LogP) is 3.59. The molecule has 0 spiro atoms. The van der Waals surface area contributed by atoms with Gasteiger partial charge in [-0.15, -0.1) is 0 Å². The summed E-state index contributed by atoms with van der Waals surface area (Å²) in [6, 6.07) is -0.378. The van der Waals surface area contributed by atoms with Crippen LogP contribution in [0.3, 0.4) is 0 Å². The molecule has 0 unspecified atom stereocenters. The zero-order valence-corrected chi connectivity index (χ0v) is 32.0. The van der Waals surface area contributed by atoms with Gasteiger partial charge in [0.1, 0.15) is 18.3 Å². The van der Waals surface area contributed by atoms with Crippen LogP contribution in [0.4, 0.5) is 4.39 Å². The number of halogens is 2. The number of hydrogen-bond donors (Lipinski definition) is 2. The number of fused-ring (bicyclic) bond motifs is 5. The largest absolute Gasteiger partial charge is 0.446 e. The lowest BCUT2D eigenvalue weighted by atomic mass is 9.70. The molecule has 3 rings (SSSR count). The Bertz CT molecular complexity index is 1240. The Labute approximate surface area is 297 Å². The van der Waals surface area contributed by atoms with Gasteiger partial charge in [0.25, 0.3) is 5.67 Å². The molecule has 0 aromatic heterocycles. The van der Waals surface area contributed by atoms with E-state index >= 15 is 4.39 Å². The summed E-state index contributed by atoms with van der Waals surface area (Å²) < 4.78 is 39.5. The Hall–Kier alpha value is -1.43. The lowest BCUT2D eigenvalue weighted by Gasteiger charge is -2.47. The van der Waals surface area contributed by atoms with Crippen molar-refractivity contribution in [2.45, 2.75) is 139 Å². The van der Waals surface area contributed by atoms with Gasteiger partial charge in [-0.05, 0) is 89.6 Å². The van der Waals surface area contributed by atoms with E-state index in [1.807, 2.05) is 32.8 Å². The molecule has 3 aliphatic rings. The van der Waals surface area contributed by atoms with Crippen molar-refractivity contribution >= 4 is 51.7 Å². The molecule has 3 saturated heterocycles. The Morgan fingerprint density at radius 3 is 2.33 bits per heavy atom. The fraction of sp³-hybridized carbons (Fsp3) is 0.853. The second-order valence-electron chi connectivity index (χ2n) is 14.7. The third kappa shape index (κ3) is 8.71. The van der Waals surface area contributed by atoms with Crippen LogP contribution in [0.15, 0.2) is 4.99 Å². The molecule has 0 aromatic rings. The topological polar surface area (TPSA) is 161 Å². The molecule has 3 heterocycles. The van der Waals surface area contributed by atoms with Crippen LogP contribution in [0.2, 0.25) is 0 Å². The Balaban J connectivity index is 2.32. The number of carbonyl (C=O) groups excluding carboxylic acids is 4. The van der Waals surface area contributed by atoms with E-state index in [0.717, 1.165) is 6.92 Å². The van der Waals surface area contributed by atoms with E-state index in [1.165, 1.54) is 13.8 Å². The number of nitrogens with zero attached hydrogens (tertiary/aromatic N) is 2. The van der Waals surface area contributed by atoms with E-state index in [9.17, 15) is 29.4 Å². The highest BCUT2D eigenvalue weighted by atomic mass is 127. The maximum atomic E-state index is 16.4. The number of ether oxygens (including phenoxy) is 4. The molecule has 12 nitrogen and oxygen atoms in total. The average Bonchev–Trinajstić information content (AvgIpc) is 3.01. The van der Waals surface area contributed by atoms with Crippen LogP contribution < -0.4 is 0 Å². The number of ketones is 2. The van der Waals surface area contributed by atoms with Gasteiger partial charge in [-0.1, -0.05) is 27.7 Å². The van der Waals surface area contributed by atoms with Crippen LogP contribution in [0.5, 0.6) is 0 Å². The molecule has 0 radical (unpaired) electrons. The zero-order chi connectivity index (χ0) is 36.5. The normalized spacial score (nSPS) is 44.9. The fourth-order valence-electron chi connectivity index (χ4n) is 7.49. The molecule has 0 aliphatic carbocycles. The molecule has 14 heteroatoms. The van der Waals surface area contributed by atoms with Gasteiger partial charge in [-0.3, -0.25) is 14.4 Å². The van der Waals surface area contributed by atoms with Gasteiger partial charge in [0.15, 0.2) is 22.0 Å². The minimum Gasteiger partial charge on any atom is -0.446 e. The SMILES string of the molecule is CCC(=O)/N=C1\[C@H](C)C[C@@]2(C)OCC(=O)CC[C@H]([C@H]1C)[C@](C)(O)[C@@H](I)OC(=O)[C@@](C)(F)C(=O)[C@H](C)[C@H]2O[C@@H]1O[C@H](C)C[C@H](N(C)C)[C@H]1O. The van der Waals surface area contributed by atoms with Crippen molar-refractivity contribution in [3.63, 3.8) is 0 Å². The van der Waals surface area contributed by atoms with Crippen LogP contribution in [0.1, 0.15) is 87.5 Å². The number of aliphatic imine (C=N–C) groups is 1. The van der Waals surface area contributed by atoms with Crippen molar-refractivity contribution in [2.24, 2.45) is 28.7 Å². The van der Waals surface area contributed by atoms with E-state index < -0.39 is 81.5 Å². The van der Waals surface area contributed by atoms with Crippen LogP contribution in [-0.4, -0.2) is 117 Å². The molecule has 48 heavy (non-hydrogen) atoms. The lowest BCUT2D eigenvalue weighted by Crippen LogP contribution is -2.61. The molecular weight excluding hydrogens is 742 g/mol. The van der Waals surface area contributed by atoms with Gasteiger partial charge in [-0.25, -0.2) is 14.2 Å². The second-order valence-corrected chi connectivity index (χ2v) is 15.8. The highest BCUT2D eigenvalue weighted by Gasteiger charge is 2.56. The first-order valence-electron chi connectivity index (χ1n) is 16.8. The maximum Gasteiger partial charge on any atom is 0.352 e. The highest BCUT2D eigenvalue weighted by molar-refractivity contribution is 14.1. The van der Waals surface area contributed by atoms with Crippen molar-refractivity contribution in [3.8, 4) is 0 Å². The van der Waals surface area contributed by atoms with E-state index in [-0.39, 0.29) is 49.5 Å². The molecule has 1 amide bonds. The molecule has 274 valence electrons. The second kappa shape index (κ2) is 15.9. The maximum absolute atomic E-state index is 16.4. The molecule has 2 bridgehead atoms. The number of rotatable bonds is 4. The number of aliphatic hydroxyl groups excluding tert-OH is 1. The Kier molecular flexibility index (Phi) is 13.5. The number of hydrogen-bond acceptors (Lipinski definition) is 11. The number of esters is 1. The van der Waals surface area contributed by atoms with E-state index in [4.69, 9.17) is 18.9 Å². The molecular formula is C34H54FIN2O10. The van der Waals surface area contributed by atoms with E-state index in [2.05, 4.69) is 4.99 Å². The number of amides is 1. The minimum absolute atomic E-state index is 0.0325. The van der Waals surface area contributed by atoms with Crippen molar-refractivity contribution in [3.05, 3.63) is 0 Å². The monoisotopic (exact) mass is 796 g/mol. The molecule has 0 saturated carbocycles. The molecule has 3 aliphatic heterocycles. The number of cyclic esters (lactones) is 1. The van der Waals surface area contributed by atoms with Crippen LogP contribution in [0, 0.1) is 23.7 Å². The number of Topliss-reactive ketones (excluding diaryl/α,β-unsaturated/α-hetero) is 2. The smallest absolute Gasteiger partial charge is 0.352 e. The highest BCUT2D eigenvalue weighted by Crippen LogP contribution is 2.43. The first-order chi connectivity index (χ1) is 22.1. The first-order valence-corrected chi connectivity index (χ1v) is 18.1. The first kappa shape index (κ1) is 41.0. The average molecular weight is 797 g/mol. The summed E-state index contributed by atoms with van der Waals surface area (Å²) in [5, 5.41) is 23.3. The molecule has 0 aromatic carbocycles. The summed E-state index contributed by atoms with van der Waals surface area (Å²) >= 11 is 1.69. The summed E-state index contributed by atoms with van der Waals surface area (Å²) in [7, 11) is 3.62. The zero-order valence-electron chi connectivity index (χ0n) is 29.8. The van der Waals surface area contributed by atoms with Crippen molar-refractivity contribution in [2.75, 3.05) is 20.7 Å². The molecule has 2 N–H and O–H groups in total. The predicted molar refractivity (Wildman–Crippen MR) is 183 cm³/mol. The summed E-state index contributed by atoms with van der Waals surface area (Å²) in [6.07, 6.45) is -3.46. The summed E-state index contributed by atoms with van der Waals surface area (Å²) in [6.45, 7) is 12.0. The van der Waals surface area contributed by atoms with Crippen molar-refractivity contribution in [1.29, 1.82) is 0 Å². The minimum atomic E-state index is -3.17. The van der Waals surface area contributed by atoms with Crippen LogP contribution >= 0.6 is 22.6 Å². The number of carbonyl (C=O) groups is 4. The lowest BCUT2D eigenvalue weighted by molar-refractivity contribution is -0.297. The van der Waals surface area contributed by atoms with E-state index in [1.54, 1.807) is 43.4 Å². The quantitative estimate of drug-likeness (QED) is 0.185. The van der Waals surface area contributed by atoms with Crippen LogP contribution in [0.25, 0.3) is 0 Å². The number of aliphatic hydroxyl groups is 2. The number of likely N-dealkylation sites (N-methyl/N-ethyl adjacent to an activating group) is 1. The standard InChI is InChI=1S/C34H54FIN2O10/c1-11-24(40)37-25-17(2)15-32(6)28(47-29-26(41)23(38(9)10)14-18(3)46-29)20(5)27(42)33(7,35)31(43)48-30(36)34(8,44)22(19(25)4)13-12-21(39)16-45-32/h17-20,22-23,26,28-30,41,44H,11-16H2,1-10H3/b37-25+/t17-,18-,19-,20+,22-,23+,26-,28-,29+,30+,32-,33+,34+/m1/s1. The summed E-state index contributed by atoms with van der Waals surface area (Å²) in [5.74, 6) is -6.70. The van der Waals surface area contributed by atoms with E-state index in [0.29, 0.717) is 12.1 Å². The van der Waals surface area contributed by atoms with Gasteiger partial charge in [-0.2, -0.15) is 0 Å². The fourth-order valence-corrected chi connectivity index (χ4v) is 8.18. The van der Waals surface area contributed by atoms with Gasteiger partial charge in [0.05, 0.1) is 17.8 Å². The summed E-state index contributed by atoms with van der Waals surface area (Å²) in [4.78, 5) is 60.0. The Morgan fingerprint density at radius 2 is 1.75 bits per heavy atom. The molecule has 3 fully saturated rings. The van der Waals surface area contributed by atoms with Gasteiger partial charge in [0.2, 0.25) is 5.91 Å². The third-order valence-corrected chi connectivity index (χ3v) is 11.9. The van der Waals surface area contributed by atoms with Crippen molar-refractivity contribution < 1.29 is 52.7 Å². The van der Waals surface area contributed by atoms with Gasteiger partial charge in [0, 0.05) is 42.3 Å². The Morgan fingerprint density at radius 1 is 1.12 bits per heavy atom. The third-order valence-electron chi connectivity index (χ3n) is 10.4. The van der Waals surface area contributed by atoms with Crippen molar-refractivity contribution in [1.82, 2.24) is 4.90 Å². The number of alkyl halides is 2.